The van der Waals surface area contributed by atoms with Crippen molar-refractivity contribution in [3.05, 3.63) is 35.1 Å². The molecule has 17 heavy (non-hydrogen) atoms. The molecule has 1 aromatic carbocycles. The average Bonchev–Trinajstić information content (AvgIpc) is 2.28. The first-order valence-electron chi connectivity index (χ1n) is 6.10. The summed E-state index contributed by atoms with van der Waals surface area (Å²) >= 11 is 0. The number of hydrogen-bond donors (Lipinski definition) is 1. The van der Waals surface area contributed by atoms with Crippen molar-refractivity contribution in [2.24, 2.45) is 0 Å². The van der Waals surface area contributed by atoms with Crippen LogP contribution in [0.2, 0.25) is 0 Å². The molecule has 2 nitrogen and oxygen atoms in total. The summed E-state index contributed by atoms with van der Waals surface area (Å²) in [7, 11) is 6.11. The normalized spacial score (nSPS) is 13.1. The van der Waals surface area contributed by atoms with Crippen molar-refractivity contribution in [1.82, 2.24) is 10.2 Å². The Morgan fingerprint density at radius 3 is 2.65 bits per heavy atom. The average molecular weight is 238 g/mol. The summed E-state index contributed by atoms with van der Waals surface area (Å²) in [5, 5.41) is 3.30. The van der Waals surface area contributed by atoms with Crippen molar-refractivity contribution in [2.45, 2.75) is 25.8 Å². The molecule has 1 N–H and O–H groups in total. The Labute approximate surface area is 104 Å². The molecule has 96 valence electrons. The molecule has 1 unspecified atom stereocenters. The van der Waals surface area contributed by atoms with Crippen LogP contribution in [-0.4, -0.2) is 38.6 Å². The quantitative estimate of drug-likeness (QED) is 0.817. The molecule has 1 atom stereocenters. The van der Waals surface area contributed by atoms with Crippen LogP contribution in [-0.2, 0) is 6.42 Å². The van der Waals surface area contributed by atoms with Crippen LogP contribution < -0.4 is 5.32 Å². The number of aryl methyl sites for hydroxylation is 1. The van der Waals surface area contributed by atoms with Crippen molar-refractivity contribution in [3.63, 3.8) is 0 Å². The number of benzene rings is 1. The van der Waals surface area contributed by atoms with Crippen LogP contribution in [0.1, 0.15) is 17.5 Å². The van der Waals surface area contributed by atoms with E-state index >= 15 is 0 Å². The lowest BCUT2D eigenvalue weighted by Gasteiger charge is -2.19. The maximum atomic E-state index is 13.2. The maximum absolute atomic E-state index is 13.2. The van der Waals surface area contributed by atoms with Crippen LogP contribution in [0.25, 0.3) is 0 Å². The lowest BCUT2D eigenvalue weighted by Crippen LogP contribution is -2.31. The summed E-state index contributed by atoms with van der Waals surface area (Å²) in [6.07, 6.45) is 1.95. The van der Waals surface area contributed by atoms with E-state index in [4.69, 9.17) is 0 Å². The Morgan fingerprint density at radius 2 is 2.06 bits per heavy atom. The third-order valence-electron chi connectivity index (χ3n) is 3.11. The van der Waals surface area contributed by atoms with Gasteiger partial charge in [-0.2, -0.15) is 0 Å². The van der Waals surface area contributed by atoms with Crippen LogP contribution in [0.4, 0.5) is 4.39 Å². The van der Waals surface area contributed by atoms with E-state index in [1.165, 1.54) is 6.07 Å². The Balaban J connectivity index is 2.63. The minimum atomic E-state index is -0.145. The van der Waals surface area contributed by atoms with E-state index in [1.54, 1.807) is 6.07 Å². The third-order valence-corrected chi connectivity index (χ3v) is 3.11. The van der Waals surface area contributed by atoms with Crippen LogP contribution in [0, 0.1) is 12.7 Å². The molecule has 0 fully saturated rings. The van der Waals surface area contributed by atoms with Gasteiger partial charge in [-0.3, -0.25) is 0 Å². The van der Waals surface area contributed by atoms with Crippen molar-refractivity contribution < 1.29 is 4.39 Å². The predicted octanol–water partition coefficient (Wildman–Crippen LogP) is 2.22. The molecule has 0 aliphatic carbocycles. The van der Waals surface area contributed by atoms with Crippen LogP contribution in [0.3, 0.4) is 0 Å². The molecule has 0 aromatic heterocycles. The minimum absolute atomic E-state index is 0.145. The van der Waals surface area contributed by atoms with Crippen LogP contribution >= 0.6 is 0 Å². The van der Waals surface area contributed by atoms with E-state index < -0.39 is 0 Å². The highest BCUT2D eigenvalue weighted by Gasteiger charge is 2.10. The summed E-state index contributed by atoms with van der Waals surface area (Å²) in [6.45, 7) is 3.08. The fourth-order valence-electron chi connectivity index (χ4n) is 1.89. The summed E-state index contributed by atoms with van der Waals surface area (Å²) in [4.78, 5) is 2.17. The number of rotatable bonds is 6. The topological polar surface area (TPSA) is 15.3 Å². The van der Waals surface area contributed by atoms with E-state index in [2.05, 4.69) is 24.3 Å². The van der Waals surface area contributed by atoms with Gasteiger partial charge in [-0.05, 0) is 70.7 Å². The molecule has 0 aliphatic rings. The monoisotopic (exact) mass is 238 g/mol. The van der Waals surface area contributed by atoms with Gasteiger partial charge < -0.3 is 10.2 Å². The van der Waals surface area contributed by atoms with E-state index in [0.29, 0.717) is 6.04 Å². The highest BCUT2D eigenvalue weighted by Crippen LogP contribution is 2.13. The van der Waals surface area contributed by atoms with Crippen molar-refractivity contribution >= 4 is 0 Å². The fourth-order valence-corrected chi connectivity index (χ4v) is 1.89. The van der Waals surface area contributed by atoms with Crippen molar-refractivity contribution in [2.75, 3.05) is 27.7 Å². The molecule has 0 saturated carbocycles. The van der Waals surface area contributed by atoms with Gasteiger partial charge in [0.05, 0.1) is 0 Å². The first-order chi connectivity index (χ1) is 8.02. The third kappa shape index (κ3) is 4.84. The Hall–Kier alpha value is -0.930. The van der Waals surface area contributed by atoms with Crippen molar-refractivity contribution in [3.8, 4) is 0 Å². The molecule has 0 amide bonds. The highest BCUT2D eigenvalue weighted by molar-refractivity contribution is 5.27. The van der Waals surface area contributed by atoms with Gasteiger partial charge >= 0.3 is 0 Å². The van der Waals surface area contributed by atoms with Crippen LogP contribution in [0.15, 0.2) is 18.2 Å². The Kier molecular flexibility index (Phi) is 5.59. The first-order valence-corrected chi connectivity index (χ1v) is 6.10. The SMILES string of the molecule is CNC(CCN(C)C)Cc1cc(F)ccc1C. The number of hydrogen-bond acceptors (Lipinski definition) is 2. The molecule has 1 aromatic rings. The molecular weight excluding hydrogens is 215 g/mol. The molecule has 0 saturated heterocycles. The minimum Gasteiger partial charge on any atom is -0.317 e. The summed E-state index contributed by atoms with van der Waals surface area (Å²) < 4.78 is 13.2. The summed E-state index contributed by atoms with van der Waals surface area (Å²) in [6, 6.07) is 5.42. The molecule has 3 heteroatoms. The lowest BCUT2D eigenvalue weighted by atomic mass is 9.99. The van der Waals surface area contributed by atoms with Crippen molar-refractivity contribution in [1.29, 1.82) is 0 Å². The largest absolute Gasteiger partial charge is 0.317 e. The highest BCUT2D eigenvalue weighted by atomic mass is 19.1. The second-order valence-corrected chi connectivity index (χ2v) is 4.85. The van der Waals surface area contributed by atoms with Gasteiger partial charge in [0.25, 0.3) is 0 Å². The van der Waals surface area contributed by atoms with Gasteiger partial charge in [0.2, 0.25) is 0 Å². The Bertz CT molecular complexity index is 350. The van der Waals surface area contributed by atoms with Gasteiger partial charge in [-0.15, -0.1) is 0 Å². The summed E-state index contributed by atoms with van der Waals surface area (Å²) in [5.41, 5.74) is 2.26. The number of halogens is 1. The van der Waals surface area contributed by atoms with E-state index in [0.717, 1.165) is 30.5 Å². The summed E-state index contributed by atoms with van der Waals surface area (Å²) in [5.74, 6) is -0.145. The van der Waals surface area contributed by atoms with Gasteiger partial charge in [-0.25, -0.2) is 4.39 Å². The zero-order valence-electron chi connectivity index (χ0n) is 11.3. The zero-order chi connectivity index (χ0) is 12.8. The molecule has 0 aliphatic heterocycles. The molecule has 0 heterocycles. The standard InChI is InChI=1S/C14H23FN2/c1-11-5-6-13(15)9-12(11)10-14(16-2)7-8-17(3)4/h5-6,9,14,16H,7-8,10H2,1-4H3. The second-order valence-electron chi connectivity index (χ2n) is 4.85. The first kappa shape index (κ1) is 14.1. The molecule has 0 spiro atoms. The number of nitrogens with zero attached hydrogens (tertiary/aromatic N) is 1. The van der Waals surface area contributed by atoms with E-state index in [9.17, 15) is 4.39 Å². The van der Waals surface area contributed by atoms with E-state index in [-0.39, 0.29) is 5.82 Å². The van der Waals surface area contributed by atoms with Gasteiger partial charge in [-0.1, -0.05) is 6.07 Å². The van der Waals surface area contributed by atoms with Gasteiger partial charge in [0, 0.05) is 6.04 Å². The van der Waals surface area contributed by atoms with Gasteiger partial charge in [0.1, 0.15) is 5.82 Å². The number of likely N-dealkylation sites (N-methyl/N-ethyl adjacent to an activating group) is 1. The Morgan fingerprint density at radius 1 is 1.35 bits per heavy atom. The maximum Gasteiger partial charge on any atom is 0.123 e. The van der Waals surface area contributed by atoms with E-state index in [1.807, 2.05) is 20.0 Å². The number of nitrogens with one attached hydrogen (secondary N) is 1. The lowest BCUT2D eigenvalue weighted by molar-refractivity contribution is 0.364. The molecule has 0 bridgehead atoms. The fraction of sp³-hybridized carbons (Fsp3) is 0.571. The predicted molar refractivity (Wildman–Crippen MR) is 70.9 cm³/mol. The molecular formula is C14H23FN2. The molecule has 1 rings (SSSR count). The smallest absolute Gasteiger partial charge is 0.123 e. The molecule has 0 radical (unpaired) electrons. The van der Waals surface area contributed by atoms with Gasteiger partial charge in [0.15, 0.2) is 0 Å². The van der Waals surface area contributed by atoms with Crippen LogP contribution in [0.5, 0.6) is 0 Å². The zero-order valence-corrected chi connectivity index (χ0v) is 11.3. The second kappa shape index (κ2) is 6.72.